The van der Waals surface area contributed by atoms with Crippen molar-refractivity contribution in [3.8, 4) is 5.75 Å². The first-order valence-corrected chi connectivity index (χ1v) is 7.73. The first-order chi connectivity index (χ1) is 10.1. The Labute approximate surface area is 126 Å². The molecular weight excluding hydrogens is 266 g/mol. The summed E-state index contributed by atoms with van der Waals surface area (Å²) in [6, 6.07) is 9.67. The van der Waals surface area contributed by atoms with Crippen molar-refractivity contribution in [3.63, 3.8) is 0 Å². The van der Waals surface area contributed by atoms with Crippen LogP contribution in [0.2, 0.25) is 0 Å². The molecule has 1 amide bonds. The van der Waals surface area contributed by atoms with Crippen LogP contribution < -0.4 is 4.74 Å². The summed E-state index contributed by atoms with van der Waals surface area (Å²) in [6.45, 7) is 1.24. The Morgan fingerprint density at radius 3 is 2.62 bits per heavy atom. The number of carbonyl (C=O) groups excluding carboxylic acids is 1. The Balaban J connectivity index is 1.64. The average molecular weight is 291 g/mol. The van der Waals surface area contributed by atoms with Gasteiger partial charge in [-0.25, -0.2) is 0 Å². The molecule has 0 bridgehead atoms. The lowest BCUT2D eigenvalue weighted by Crippen LogP contribution is -2.36. The van der Waals surface area contributed by atoms with Crippen molar-refractivity contribution >= 4 is 5.91 Å². The first kappa shape index (κ1) is 15.8. The summed E-state index contributed by atoms with van der Waals surface area (Å²) in [7, 11) is 1.79. The van der Waals surface area contributed by atoms with Crippen LogP contribution in [0.3, 0.4) is 0 Å². The average Bonchev–Trinajstić information content (AvgIpc) is 2.90. The Morgan fingerprint density at radius 1 is 1.29 bits per heavy atom. The zero-order valence-electron chi connectivity index (χ0n) is 12.8. The Hall–Kier alpha value is -1.55. The lowest BCUT2D eigenvalue weighted by molar-refractivity contribution is -0.135. The zero-order valence-corrected chi connectivity index (χ0v) is 12.8. The van der Waals surface area contributed by atoms with Crippen LogP contribution in [0.15, 0.2) is 30.3 Å². The van der Waals surface area contributed by atoms with Gasteiger partial charge in [0.05, 0.1) is 18.6 Å². The molecule has 0 spiro atoms. The van der Waals surface area contributed by atoms with Gasteiger partial charge in [-0.3, -0.25) is 4.79 Å². The summed E-state index contributed by atoms with van der Waals surface area (Å²) in [4.78, 5) is 13.8. The van der Waals surface area contributed by atoms with Crippen molar-refractivity contribution in [2.45, 2.75) is 44.1 Å². The smallest absolute Gasteiger partial charge is 0.225 e. The molecule has 0 aliphatic heterocycles. The maximum atomic E-state index is 12.1. The van der Waals surface area contributed by atoms with Crippen molar-refractivity contribution in [1.82, 2.24) is 4.90 Å². The number of nitrogens with zero attached hydrogens (tertiary/aromatic N) is 1. The number of aliphatic hydroxyl groups is 1. The van der Waals surface area contributed by atoms with Gasteiger partial charge in [-0.05, 0) is 31.4 Å². The lowest BCUT2D eigenvalue weighted by Gasteiger charge is -2.25. The van der Waals surface area contributed by atoms with Crippen LogP contribution in [0.5, 0.6) is 5.75 Å². The molecule has 4 heteroatoms. The van der Waals surface area contributed by atoms with E-state index < -0.39 is 5.60 Å². The molecule has 0 heterocycles. The molecule has 1 aliphatic carbocycles. The van der Waals surface area contributed by atoms with Crippen molar-refractivity contribution in [2.24, 2.45) is 0 Å². The highest BCUT2D eigenvalue weighted by Gasteiger charge is 2.34. The number of hydrogen-bond donors (Lipinski definition) is 1. The highest BCUT2D eigenvalue weighted by molar-refractivity contribution is 5.77. The third kappa shape index (κ3) is 5.05. The van der Waals surface area contributed by atoms with Crippen LogP contribution in [0.1, 0.15) is 38.5 Å². The molecule has 0 saturated heterocycles. The summed E-state index contributed by atoms with van der Waals surface area (Å²) in [5.41, 5.74) is -0.758. The van der Waals surface area contributed by atoms with Crippen LogP contribution >= 0.6 is 0 Å². The molecule has 1 N–H and O–H groups in total. The number of benzene rings is 1. The maximum Gasteiger partial charge on any atom is 0.225 e. The van der Waals surface area contributed by atoms with Gasteiger partial charge in [0.15, 0.2) is 0 Å². The molecule has 1 saturated carbocycles. The molecule has 1 aromatic carbocycles. The Morgan fingerprint density at radius 2 is 1.95 bits per heavy atom. The fourth-order valence-electron chi connectivity index (χ4n) is 2.76. The number of rotatable bonds is 7. The first-order valence-electron chi connectivity index (χ1n) is 7.73. The molecule has 2 rings (SSSR count). The van der Waals surface area contributed by atoms with E-state index >= 15 is 0 Å². The largest absolute Gasteiger partial charge is 0.494 e. The number of hydrogen-bond acceptors (Lipinski definition) is 3. The monoisotopic (exact) mass is 291 g/mol. The molecule has 0 atom stereocenters. The second kappa shape index (κ2) is 7.46. The van der Waals surface area contributed by atoms with Gasteiger partial charge in [-0.2, -0.15) is 0 Å². The molecule has 0 radical (unpaired) electrons. The predicted octanol–water partition coefficient (Wildman–Crippen LogP) is 2.61. The standard InChI is InChI=1S/C17H25NO3/c1-18(16(19)14-17(20)10-5-6-11-17)12-7-13-21-15-8-3-2-4-9-15/h2-4,8-9,20H,5-7,10-14H2,1H3. The SMILES string of the molecule is CN(CCCOc1ccccc1)C(=O)CC1(O)CCCC1. The van der Waals surface area contributed by atoms with Crippen LogP contribution in [0.4, 0.5) is 0 Å². The summed E-state index contributed by atoms with van der Waals surface area (Å²) in [5, 5.41) is 10.3. The number of ether oxygens (including phenoxy) is 1. The molecule has 116 valence electrons. The van der Waals surface area contributed by atoms with Gasteiger partial charge in [-0.15, -0.1) is 0 Å². The van der Waals surface area contributed by atoms with Gasteiger partial charge in [0.25, 0.3) is 0 Å². The molecular formula is C17H25NO3. The van der Waals surface area contributed by atoms with Crippen LogP contribution in [-0.4, -0.2) is 41.7 Å². The van der Waals surface area contributed by atoms with Crippen LogP contribution in [0, 0.1) is 0 Å². The van der Waals surface area contributed by atoms with Gasteiger partial charge >= 0.3 is 0 Å². The van der Waals surface area contributed by atoms with E-state index in [1.54, 1.807) is 11.9 Å². The highest BCUT2D eigenvalue weighted by atomic mass is 16.5. The lowest BCUT2D eigenvalue weighted by atomic mass is 9.97. The molecule has 1 aliphatic rings. The molecule has 0 aromatic heterocycles. The topological polar surface area (TPSA) is 49.8 Å². The van der Waals surface area contributed by atoms with Crippen molar-refractivity contribution in [2.75, 3.05) is 20.2 Å². The minimum Gasteiger partial charge on any atom is -0.494 e. The fourth-order valence-corrected chi connectivity index (χ4v) is 2.76. The summed E-state index contributed by atoms with van der Waals surface area (Å²) < 4.78 is 5.60. The molecule has 1 aromatic rings. The van der Waals surface area contributed by atoms with Crippen molar-refractivity contribution in [3.05, 3.63) is 30.3 Å². The van der Waals surface area contributed by atoms with Gasteiger partial charge < -0.3 is 14.7 Å². The number of carbonyl (C=O) groups is 1. The van der Waals surface area contributed by atoms with E-state index in [1.807, 2.05) is 30.3 Å². The van der Waals surface area contributed by atoms with Crippen LogP contribution in [-0.2, 0) is 4.79 Å². The zero-order chi connectivity index (χ0) is 15.1. The second-order valence-electron chi connectivity index (χ2n) is 5.94. The van der Waals surface area contributed by atoms with E-state index in [2.05, 4.69) is 0 Å². The van der Waals surface area contributed by atoms with Gasteiger partial charge in [0.2, 0.25) is 5.91 Å². The number of para-hydroxylation sites is 1. The van der Waals surface area contributed by atoms with E-state index in [1.165, 1.54) is 0 Å². The Bertz CT molecular complexity index is 441. The van der Waals surface area contributed by atoms with E-state index in [0.717, 1.165) is 37.9 Å². The minimum atomic E-state index is -0.758. The maximum absolute atomic E-state index is 12.1. The van der Waals surface area contributed by atoms with Crippen molar-refractivity contribution < 1.29 is 14.6 Å². The van der Waals surface area contributed by atoms with E-state index in [9.17, 15) is 9.90 Å². The van der Waals surface area contributed by atoms with Crippen molar-refractivity contribution in [1.29, 1.82) is 0 Å². The quantitative estimate of drug-likeness (QED) is 0.786. The second-order valence-corrected chi connectivity index (χ2v) is 5.94. The third-order valence-electron chi connectivity index (χ3n) is 4.09. The molecule has 21 heavy (non-hydrogen) atoms. The minimum absolute atomic E-state index is 0.0270. The highest BCUT2D eigenvalue weighted by Crippen LogP contribution is 2.32. The summed E-state index contributed by atoms with van der Waals surface area (Å²) >= 11 is 0. The summed E-state index contributed by atoms with van der Waals surface area (Å²) in [6.07, 6.45) is 4.60. The molecule has 1 fully saturated rings. The van der Waals surface area contributed by atoms with E-state index in [4.69, 9.17) is 4.74 Å². The fraction of sp³-hybridized carbons (Fsp3) is 0.588. The molecule has 0 unspecified atom stereocenters. The van der Waals surface area contributed by atoms with E-state index in [0.29, 0.717) is 13.2 Å². The Kier molecular flexibility index (Phi) is 5.62. The normalized spacial score (nSPS) is 16.7. The van der Waals surface area contributed by atoms with Gasteiger partial charge in [0, 0.05) is 13.6 Å². The van der Waals surface area contributed by atoms with Gasteiger partial charge in [-0.1, -0.05) is 31.0 Å². The summed E-state index contributed by atoms with van der Waals surface area (Å²) in [5.74, 6) is 0.880. The molecule has 4 nitrogen and oxygen atoms in total. The third-order valence-corrected chi connectivity index (χ3v) is 4.09. The van der Waals surface area contributed by atoms with Crippen LogP contribution in [0.25, 0.3) is 0 Å². The van der Waals surface area contributed by atoms with Gasteiger partial charge in [0.1, 0.15) is 5.75 Å². The number of amides is 1. The predicted molar refractivity (Wildman–Crippen MR) is 82.2 cm³/mol. The van der Waals surface area contributed by atoms with E-state index in [-0.39, 0.29) is 12.3 Å².